The van der Waals surface area contributed by atoms with Gasteiger partial charge >= 0.3 is 0 Å². The fraction of sp³-hybridized carbons (Fsp3) is 0.636. The molecule has 1 heteroatoms. The van der Waals surface area contributed by atoms with Crippen molar-refractivity contribution >= 4 is 0 Å². The minimum atomic E-state index is 0.639. The first-order valence-electron chi connectivity index (χ1n) is 4.60. The van der Waals surface area contributed by atoms with Crippen molar-refractivity contribution in [2.24, 2.45) is 17.6 Å². The van der Waals surface area contributed by atoms with Crippen molar-refractivity contribution in [1.82, 2.24) is 0 Å². The Kier molecular flexibility index (Phi) is 5.52. The van der Waals surface area contributed by atoms with Crippen LogP contribution in [-0.4, -0.2) is 0 Å². The van der Waals surface area contributed by atoms with Crippen LogP contribution in [0.1, 0.15) is 33.1 Å². The predicted molar refractivity (Wildman–Crippen MR) is 55.7 cm³/mol. The Morgan fingerprint density at radius 2 is 2.08 bits per heavy atom. The Balaban J connectivity index is 3.85. The van der Waals surface area contributed by atoms with Crippen LogP contribution in [0, 0.1) is 11.8 Å². The van der Waals surface area contributed by atoms with E-state index in [1.54, 1.807) is 0 Å². The van der Waals surface area contributed by atoms with Gasteiger partial charge < -0.3 is 5.73 Å². The Morgan fingerprint density at radius 3 is 2.42 bits per heavy atom. The van der Waals surface area contributed by atoms with Gasteiger partial charge in [0.15, 0.2) is 0 Å². The average Bonchev–Trinajstić information content (AvgIpc) is 1.84. The van der Waals surface area contributed by atoms with Gasteiger partial charge in [0.05, 0.1) is 0 Å². The molecule has 70 valence electrons. The van der Waals surface area contributed by atoms with Crippen LogP contribution in [0.15, 0.2) is 24.9 Å². The molecule has 0 aliphatic heterocycles. The van der Waals surface area contributed by atoms with Gasteiger partial charge in [0.2, 0.25) is 0 Å². The van der Waals surface area contributed by atoms with Gasteiger partial charge in [0.1, 0.15) is 0 Å². The maximum absolute atomic E-state index is 5.57. The molecule has 2 N–H and O–H groups in total. The highest BCUT2D eigenvalue weighted by molar-refractivity contribution is 4.90. The van der Waals surface area contributed by atoms with Gasteiger partial charge in [0.25, 0.3) is 0 Å². The predicted octanol–water partition coefficient (Wildman–Crippen LogP) is 3.09. The van der Waals surface area contributed by atoms with Crippen molar-refractivity contribution in [3.63, 3.8) is 0 Å². The summed E-state index contributed by atoms with van der Waals surface area (Å²) in [6.45, 7) is 11.9. The van der Waals surface area contributed by atoms with E-state index in [9.17, 15) is 0 Å². The van der Waals surface area contributed by atoms with Crippen molar-refractivity contribution in [3.8, 4) is 0 Å². The Labute approximate surface area is 76.3 Å². The first-order chi connectivity index (χ1) is 5.56. The van der Waals surface area contributed by atoms with Gasteiger partial charge in [-0.05, 0) is 31.1 Å². The van der Waals surface area contributed by atoms with Crippen LogP contribution in [-0.2, 0) is 0 Å². The van der Waals surface area contributed by atoms with E-state index < -0.39 is 0 Å². The molecule has 0 saturated heterocycles. The lowest BCUT2D eigenvalue weighted by Gasteiger charge is -2.16. The molecule has 0 fully saturated rings. The molecule has 12 heavy (non-hydrogen) atoms. The summed E-state index contributed by atoms with van der Waals surface area (Å²) in [7, 11) is 0. The summed E-state index contributed by atoms with van der Waals surface area (Å²) in [5, 5.41) is 0. The highest BCUT2D eigenvalue weighted by Crippen LogP contribution is 2.20. The minimum absolute atomic E-state index is 0.639. The monoisotopic (exact) mass is 167 g/mol. The molecule has 0 rings (SSSR count). The molecule has 0 saturated carbocycles. The lowest BCUT2D eigenvalue weighted by molar-refractivity contribution is 0.409. The Morgan fingerprint density at radius 1 is 1.50 bits per heavy atom. The second-order valence-corrected chi connectivity index (χ2v) is 3.88. The Bertz CT molecular complexity index is 147. The molecule has 0 heterocycles. The standard InChI is InChI=1S/C11H21N/c1-5-6-11(7-9(2)3)8-10(4)12/h5,9,11H,1,4,6-8,12H2,2-3H3. The van der Waals surface area contributed by atoms with E-state index in [0.29, 0.717) is 5.92 Å². The summed E-state index contributed by atoms with van der Waals surface area (Å²) in [6, 6.07) is 0. The Hall–Kier alpha value is -0.720. The lowest BCUT2D eigenvalue weighted by atomic mass is 9.90. The van der Waals surface area contributed by atoms with Crippen molar-refractivity contribution in [3.05, 3.63) is 24.9 Å². The largest absolute Gasteiger partial charge is 0.403 e. The third kappa shape index (κ3) is 6.02. The second-order valence-electron chi connectivity index (χ2n) is 3.88. The van der Waals surface area contributed by atoms with Gasteiger partial charge in [-0.3, -0.25) is 0 Å². The molecule has 0 radical (unpaired) electrons. The zero-order valence-corrected chi connectivity index (χ0v) is 8.34. The van der Waals surface area contributed by atoms with Crippen LogP contribution >= 0.6 is 0 Å². The van der Waals surface area contributed by atoms with Gasteiger partial charge in [-0.1, -0.05) is 26.5 Å². The number of rotatable bonds is 6. The third-order valence-electron chi connectivity index (χ3n) is 1.86. The van der Waals surface area contributed by atoms with Crippen molar-refractivity contribution in [2.75, 3.05) is 0 Å². The molecule has 0 aromatic heterocycles. The molecule has 0 bridgehead atoms. The smallest absolute Gasteiger partial charge is 0.00103 e. The second kappa shape index (κ2) is 5.87. The quantitative estimate of drug-likeness (QED) is 0.604. The van der Waals surface area contributed by atoms with Gasteiger partial charge in [-0.2, -0.15) is 0 Å². The van der Waals surface area contributed by atoms with Crippen LogP contribution < -0.4 is 5.73 Å². The van der Waals surface area contributed by atoms with Crippen molar-refractivity contribution in [1.29, 1.82) is 0 Å². The van der Waals surface area contributed by atoms with Crippen molar-refractivity contribution in [2.45, 2.75) is 33.1 Å². The summed E-state index contributed by atoms with van der Waals surface area (Å²) in [5.41, 5.74) is 6.36. The summed E-state index contributed by atoms with van der Waals surface area (Å²) < 4.78 is 0. The molecule has 0 aromatic rings. The number of nitrogens with two attached hydrogens (primary N) is 1. The topological polar surface area (TPSA) is 26.0 Å². The molecule has 1 nitrogen and oxygen atoms in total. The highest BCUT2D eigenvalue weighted by Gasteiger charge is 2.09. The number of allylic oxidation sites excluding steroid dienone is 2. The fourth-order valence-electron chi connectivity index (χ4n) is 1.54. The van der Waals surface area contributed by atoms with E-state index in [1.165, 1.54) is 6.42 Å². The molecule has 1 atom stereocenters. The normalized spacial score (nSPS) is 12.9. The first-order valence-corrected chi connectivity index (χ1v) is 4.60. The zero-order valence-electron chi connectivity index (χ0n) is 8.34. The van der Waals surface area contributed by atoms with Crippen molar-refractivity contribution < 1.29 is 0 Å². The summed E-state index contributed by atoms with van der Waals surface area (Å²) >= 11 is 0. The molecular weight excluding hydrogens is 146 g/mol. The summed E-state index contributed by atoms with van der Waals surface area (Å²) in [6.07, 6.45) is 5.16. The molecule has 0 amide bonds. The maximum atomic E-state index is 5.57. The van der Waals surface area contributed by atoms with E-state index in [4.69, 9.17) is 5.73 Å². The fourth-order valence-corrected chi connectivity index (χ4v) is 1.54. The lowest BCUT2D eigenvalue weighted by Crippen LogP contribution is -2.08. The van der Waals surface area contributed by atoms with E-state index in [1.807, 2.05) is 6.08 Å². The molecule has 0 spiro atoms. The van der Waals surface area contributed by atoms with E-state index in [2.05, 4.69) is 27.0 Å². The average molecular weight is 167 g/mol. The van der Waals surface area contributed by atoms with E-state index in [0.717, 1.165) is 24.5 Å². The highest BCUT2D eigenvalue weighted by atomic mass is 14.6. The van der Waals surface area contributed by atoms with Crippen LogP contribution in [0.3, 0.4) is 0 Å². The molecule has 0 aliphatic rings. The minimum Gasteiger partial charge on any atom is -0.403 e. The van der Waals surface area contributed by atoms with E-state index >= 15 is 0 Å². The summed E-state index contributed by atoms with van der Waals surface area (Å²) in [5.74, 6) is 1.37. The van der Waals surface area contributed by atoms with Crippen LogP contribution in [0.4, 0.5) is 0 Å². The molecule has 0 aromatic carbocycles. The molecule has 0 aliphatic carbocycles. The number of hydrogen-bond donors (Lipinski definition) is 1. The zero-order chi connectivity index (χ0) is 9.56. The first kappa shape index (κ1) is 11.3. The van der Waals surface area contributed by atoms with E-state index in [-0.39, 0.29) is 0 Å². The maximum Gasteiger partial charge on any atom is 0.00103 e. The molecule has 1 unspecified atom stereocenters. The van der Waals surface area contributed by atoms with Gasteiger partial charge in [-0.15, -0.1) is 6.58 Å². The van der Waals surface area contributed by atoms with Gasteiger partial charge in [0, 0.05) is 5.70 Å². The van der Waals surface area contributed by atoms with Crippen LogP contribution in [0.2, 0.25) is 0 Å². The summed E-state index contributed by atoms with van der Waals surface area (Å²) in [4.78, 5) is 0. The SMILES string of the molecule is C=CCC(CC(=C)N)CC(C)C. The third-order valence-corrected chi connectivity index (χ3v) is 1.86. The van der Waals surface area contributed by atoms with Gasteiger partial charge in [-0.25, -0.2) is 0 Å². The van der Waals surface area contributed by atoms with Crippen LogP contribution in [0.25, 0.3) is 0 Å². The van der Waals surface area contributed by atoms with Crippen LogP contribution in [0.5, 0.6) is 0 Å². The molecular formula is C11H21N. The number of hydrogen-bond acceptors (Lipinski definition) is 1.